The second kappa shape index (κ2) is 8.37. The number of aryl methyl sites for hydroxylation is 2. The van der Waals surface area contributed by atoms with Crippen molar-refractivity contribution in [3.8, 4) is 16.5 Å². The molecule has 9 heteroatoms. The van der Waals surface area contributed by atoms with E-state index in [4.69, 9.17) is 9.72 Å². The number of pyridine rings is 2. The molecule has 0 aromatic carbocycles. The summed E-state index contributed by atoms with van der Waals surface area (Å²) in [5.74, 6) is -0.00519. The number of rotatable bonds is 4. The van der Waals surface area contributed by atoms with Crippen molar-refractivity contribution in [1.29, 1.82) is 0 Å². The van der Waals surface area contributed by atoms with Crippen LogP contribution in [-0.2, 0) is 11.2 Å². The molecule has 1 saturated heterocycles. The number of thiazole rings is 1. The van der Waals surface area contributed by atoms with Gasteiger partial charge in [0, 0.05) is 47.6 Å². The molecular formula is C24H26FN5O2S. The van der Waals surface area contributed by atoms with Gasteiger partial charge >= 0.3 is 0 Å². The van der Waals surface area contributed by atoms with Gasteiger partial charge in [-0.3, -0.25) is 4.79 Å². The van der Waals surface area contributed by atoms with Gasteiger partial charge in [0.2, 0.25) is 11.8 Å². The maximum Gasteiger partial charge on any atom is 0.230 e. The number of methoxy groups -OCH3 is 1. The molecule has 172 valence electrons. The highest BCUT2D eigenvalue weighted by molar-refractivity contribution is 7.13. The van der Waals surface area contributed by atoms with Gasteiger partial charge in [-0.25, -0.2) is 19.3 Å². The molecule has 1 amide bonds. The Labute approximate surface area is 196 Å². The highest BCUT2D eigenvalue weighted by Gasteiger charge is 2.43. The fourth-order valence-electron chi connectivity index (χ4n) is 4.86. The summed E-state index contributed by atoms with van der Waals surface area (Å²) in [7, 11) is 1.48. The third kappa shape index (κ3) is 3.94. The Balaban J connectivity index is 1.33. The molecule has 1 spiro atoms. The van der Waals surface area contributed by atoms with Crippen LogP contribution < -0.4 is 10.1 Å². The number of ether oxygens (including phenoxy) is 1. The predicted molar refractivity (Wildman–Crippen MR) is 125 cm³/mol. The molecule has 0 saturated carbocycles. The van der Waals surface area contributed by atoms with Crippen LogP contribution in [-0.4, -0.2) is 51.5 Å². The summed E-state index contributed by atoms with van der Waals surface area (Å²) >= 11 is 1.61. The number of nitrogens with one attached hydrogen (secondary N) is 1. The van der Waals surface area contributed by atoms with E-state index in [0.29, 0.717) is 24.5 Å². The zero-order valence-electron chi connectivity index (χ0n) is 18.9. The van der Waals surface area contributed by atoms with E-state index in [2.05, 4.69) is 21.4 Å². The van der Waals surface area contributed by atoms with Crippen LogP contribution in [0.1, 0.15) is 42.5 Å². The first-order valence-electron chi connectivity index (χ1n) is 11.1. The van der Waals surface area contributed by atoms with E-state index in [1.807, 2.05) is 23.4 Å². The first kappa shape index (κ1) is 21.8. The number of likely N-dealkylation sites (tertiary alicyclic amines) is 1. The lowest BCUT2D eigenvalue weighted by Gasteiger charge is -2.36. The Kier molecular flexibility index (Phi) is 5.52. The molecule has 3 aromatic rings. The number of hydrogen-bond donors (Lipinski definition) is 1. The summed E-state index contributed by atoms with van der Waals surface area (Å²) in [6.07, 6.45) is 5.56. The number of carbonyl (C=O) groups excluding carboxylic acids is 1. The quantitative estimate of drug-likeness (QED) is 0.620. The Morgan fingerprint density at radius 3 is 2.94 bits per heavy atom. The molecule has 0 bridgehead atoms. The molecule has 1 fully saturated rings. The van der Waals surface area contributed by atoms with Gasteiger partial charge in [-0.1, -0.05) is 0 Å². The van der Waals surface area contributed by atoms with Gasteiger partial charge in [0.25, 0.3) is 0 Å². The Morgan fingerprint density at radius 1 is 1.33 bits per heavy atom. The number of carbonyl (C=O) groups is 1. The van der Waals surface area contributed by atoms with Gasteiger partial charge in [-0.2, -0.15) is 0 Å². The molecule has 0 unspecified atom stereocenters. The lowest BCUT2D eigenvalue weighted by molar-refractivity contribution is -0.131. The van der Waals surface area contributed by atoms with E-state index < -0.39 is 11.7 Å². The maximum atomic E-state index is 14.4. The van der Waals surface area contributed by atoms with Gasteiger partial charge in [-0.05, 0) is 44.7 Å². The fourth-order valence-corrected chi connectivity index (χ4v) is 5.56. The summed E-state index contributed by atoms with van der Waals surface area (Å²) in [6, 6.07) is 3.70. The van der Waals surface area contributed by atoms with Crippen LogP contribution >= 0.6 is 11.3 Å². The minimum absolute atomic E-state index is 0.0881. The maximum absolute atomic E-state index is 14.4. The van der Waals surface area contributed by atoms with Crippen LogP contribution in [0.2, 0.25) is 0 Å². The van der Waals surface area contributed by atoms with Crippen molar-refractivity contribution >= 4 is 23.1 Å². The third-order valence-electron chi connectivity index (χ3n) is 6.78. The van der Waals surface area contributed by atoms with Crippen molar-refractivity contribution in [3.63, 3.8) is 0 Å². The Morgan fingerprint density at radius 2 is 2.18 bits per heavy atom. The van der Waals surface area contributed by atoms with Gasteiger partial charge < -0.3 is 15.0 Å². The van der Waals surface area contributed by atoms with E-state index in [1.165, 1.54) is 18.7 Å². The van der Waals surface area contributed by atoms with Crippen LogP contribution in [0.25, 0.3) is 10.6 Å². The number of anilines is 1. The van der Waals surface area contributed by atoms with Crippen LogP contribution in [0, 0.1) is 12.7 Å². The van der Waals surface area contributed by atoms with E-state index >= 15 is 0 Å². The largest absolute Gasteiger partial charge is 0.481 e. The molecule has 2 aliphatic heterocycles. The van der Waals surface area contributed by atoms with E-state index in [-0.39, 0.29) is 11.4 Å². The smallest absolute Gasteiger partial charge is 0.230 e. The standard InChI is InChI=1S/C24H26FN5O2S/c1-14(17-11-20(32-3)27-12-19(17)25)23(31)30-8-6-24(13-30)5-4-16-10-18(22-26-7-9-33-22)15(2)28-21(16)29-24/h7,9-12,14H,4-6,8,13H2,1-3H3,(H,28,29)/t14-,24+/m1/s1. The van der Waals surface area contributed by atoms with Crippen LogP contribution in [0.15, 0.2) is 29.9 Å². The number of nitrogens with zero attached hydrogens (tertiary/aromatic N) is 4. The molecule has 0 aliphatic carbocycles. The Bertz CT molecular complexity index is 1200. The van der Waals surface area contributed by atoms with Crippen molar-refractivity contribution in [2.75, 3.05) is 25.5 Å². The van der Waals surface area contributed by atoms with Crippen molar-refractivity contribution in [2.45, 2.75) is 44.6 Å². The number of hydrogen-bond acceptors (Lipinski definition) is 7. The molecular weight excluding hydrogens is 441 g/mol. The molecule has 0 radical (unpaired) electrons. The zero-order valence-corrected chi connectivity index (χ0v) is 19.7. The van der Waals surface area contributed by atoms with Crippen molar-refractivity contribution in [1.82, 2.24) is 19.9 Å². The average Bonchev–Trinajstić information content (AvgIpc) is 3.49. The molecule has 1 N–H and O–H groups in total. The lowest BCUT2D eigenvalue weighted by Crippen LogP contribution is -2.46. The second-order valence-electron chi connectivity index (χ2n) is 8.85. The normalized spacial score (nSPS) is 20.4. The monoisotopic (exact) mass is 467 g/mol. The summed E-state index contributed by atoms with van der Waals surface area (Å²) < 4.78 is 19.5. The lowest BCUT2D eigenvalue weighted by atomic mass is 9.86. The van der Waals surface area contributed by atoms with E-state index in [9.17, 15) is 9.18 Å². The number of halogens is 1. The zero-order chi connectivity index (χ0) is 23.2. The number of fused-ring (bicyclic) bond motifs is 1. The van der Waals surface area contributed by atoms with Gasteiger partial charge in [0.15, 0.2) is 0 Å². The van der Waals surface area contributed by atoms with Gasteiger partial charge in [-0.15, -0.1) is 11.3 Å². The van der Waals surface area contributed by atoms with Gasteiger partial charge in [0.1, 0.15) is 16.6 Å². The second-order valence-corrected chi connectivity index (χ2v) is 9.75. The summed E-state index contributed by atoms with van der Waals surface area (Å²) in [5.41, 5.74) is 3.30. The van der Waals surface area contributed by atoms with Crippen LogP contribution in [0.5, 0.6) is 5.88 Å². The molecule has 3 aromatic heterocycles. The highest BCUT2D eigenvalue weighted by atomic mass is 32.1. The number of amides is 1. The average molecular weight is 468 g/mol. The predicted octanol–water partition coefficient (Wildman–Crippen LogP) is 4.19. The minimum atomic E-state index is -0.617. The van der Waals surface area contributed by atoms with E-state index in [0.717, 1.165) is 47.5 Å². The van der Waals surface area contributed by atoms with Crippen LogP contribution in [0.4, 0.5) is 10.2 Å². The number of aromatic nitrogens is 3. The first-order chi connectivity index (χ1) is 15.9. The molecule has 7 nitrogen and oxygen atoms in total. The molecule has 5 heterocycles. The molecule has 2 atom stereocenters. The van der Waals surface area contributed by atoms with Crippen molar-refractivity contribution < 1.29 is 13.9 Å². The SMILES string of the molecule is COc1cc([C@@H](C)C(=O)N2CC[C@@]3(CCc4cc(-c5nccs5)c(C)nc4N3)C2)c(F)cn1. The van der Waals surface area contributed by atoms with Gasteiger partial charge in [0.05, 0.1) is 24.8 Å². The van der Waals surface area contributed by atoms with Crippen molar-refractivity contribution in [2.24, 2.45) is 0 Å². The summed E-state index contributed by atoms with van der Waals surface area (Å²) in [4.78, 5) is 28.2. The Hall–Kier alpha value is -3.07. The topological polar surface area (TPSA) is 80.2 Å². The van der Waals surface area contributed by atoms with Crippen molar-refractivity contribution in [3.05, 3.63) is 52.5 Å². The van der Waals surface area contributed by atoms with Crippen LogP contribution in [0.3, 0.4) is 0 Å². The minimum Gasteiger partial charge on any atom is -0.481 e. The first-order valence-corrected chi connectivity index (χ1v) is 11.9. The molecule has 33 heavy (non-hydrogen) atoms. The van der Waals surface area contributed by atoms with E-state index in [1.54, 1.807) is 18.3 Å². The third-order valence-corrected chi connectivity index (χ3v) is 7.59. The summed E-state index contributed by atoms with van der Waals surface area (Å²) in [6.45, 7) is 4.95. The fraction of sp³-hybridized carbons (Fsp3) is 0.417. The summed E-state index contributed by atoms with van der Waals surface area (Å²) in [5, 5.41) is 6.61. The molecule has 2 aliphatic rings. The molecule has 5 rings (SSSR count). The highest BCUT2D eigenvalue weighted by Crippen LogP contribution is 2.39.